The summed E-state index contributed by atoms with van der Waals surface area (Å²) in [5.41, 5.74) is 2.22. The van der Waals surface area contributed by atoms with Gasteiger partial charge < -0.3 is 10.1 Å². The maximum atomic E-state index is 12.4. The van der Waals surface area contributed by atoms with Crippen molar-refractivity contribution in [2.45, 2.75) is 90.7 Å². The average Bonchev–Trinajstić information content (AvgIpc) is 3.15. The maximum absolute atomic E-state index is 12.4. The van der Waals surface area contributed by atoms with E-state index >= 15 is 0 Å². The lowest BCUT2D eigenvalue weighted by molar-refractivity contribution is -0.121. The average molecular weight is 410 g/mol. The molecule has 164 valence electrons. The predicted molar refractivity (Wildman–Crippen MR) is 120 cm³/mol. The minimum atomic E-state index is -0.250. The molecule has 7 atom stereocenters. The van der Waals surface area contributed by atoms with Crippen LogP contribution in [0.1, 0.15) is 83.6 Å². The molecule has 0 heterocycles. The van der Waals surface area contributed by atoms with Crippen molar-refractivity contribution in [2.75, 3.05) is 0 Å². The van der Waals surface area contributed by atoms with Crippen molar-refractivity contribution in [3.05, 3.63) is 35.9 Å². The first-order chi connectivity index (χ1) is 14.5. The highest BCUT2D eigenvalue weighted by Gasteiger charge is 2.58. The Morgan fingerprint density at radius 1 is 1.00 bits per heavy atom. The van der Waals surface area contributed by atoms with Crippen LogP contribution < -0.4 is 5.32 Å². The highest BCUT2D eigenvalue weighted by Crippen LogP contribution is 2.66. The van der Waals surface area contributed by atoms with Crippen LogP contribution in [0.25, 0.3) is 0 Å². The second-order valence-electron chi connectivity index (χ2n) is 11.4. The number of hydrogen-bond acceptors (Lipinski definition) is 2. The molecule has 0 radical (unpaired) electrons. The Morgan fingerprint density at radius 2 is 1.83 bits per heavy atom. The maximum Gasteiger partial charge on any atom is 0.407 e. The Hall–Kier alpha value is -1.51. The Bertz CT molecular complexity index is 763. The molecular weight excluding hydrogens is 370 g/mol. The summed E-state index contributed by atoms with van der Waals surface area (Å²) in [5, 5.41) is 2.94. The predicted octanol–water partition coefficient (Wildman–Crippen LogP) is 6.71. The molecule has 4 aliphatic rings. The summed E-state index contributed by atoms with van der Waals surface area (Å²) in [7, 11) is 0. The van der Waals surface area contributed by atoms with Gasteiger partial charge in [0.05, 0.1) is 0 Å². The van der Waals surface area contributed by atoms with Gasteiger partial charge >= 0.3 is 6.09 Å². The fourth-order valence-corrected chi connectivity index (χ4v) is 8.28. The van der Waals surface area contributed by atoms with Crippen molar-refractivity contribution < 1.29 is 9.53 Å². The molecule has 3 heteroatoms. The van der Waals surface area contributed by atoms with E-state index in [9.17, 15) is 4.79 Å². The van der Waals surface area contributed by atoms with Crippen LogP contribution in [0.5, 0.6) is 0 Å². The van der Waals surface area contributed by atoms with Crippen molar-refractivity contribution in [1.82, 2.24) is 5.32 Å². The van der Waals surface area contributed by atoms with E-state index in [-0.39, 0.29) is 12.2 Å². The molecule has 1 N–H and O–H groups in total. The molecule has 0 spiro atoms. The number of carbonyl (C=O) groups excluding carboxylic acids is 1. The number of rotatable bonds is 3. The standard InChI is InChI=1S/C27H39NO2/c1-26-14-6-9-23(26)22-11-10-20-17-21(12-16-27(20,2)24(22)13-15-26)30-25(29)28-18-19-7-4-3-5-8-19/h3-5,7-8,20-24H,6,9-18H2,1-2H3,(H,28,29)/t20-,21?,22-,23-,24-,26-,27-/m0/s1. The van der Waals surface area contributed by atoms with Gasteiger partial charge in [0.15, 0.2) is 0 Å². The molecule has 5 rings (SSSR count). The van der Waals surface area contributed by atoms with Gasteiger partial charge in [0.2, 0.25) is 0 Å². The van der Waals surface area contributed by atoms with Crippen LogP contribution in [0.15, 0.2) is 30.3 Å². The lowest BCUT2D eigenvalue weighted by Gasteiger charge is -2.60. The van der Waals surface area contributed by atoms with E-state index in [2.05, 4.69) is 19.2 Å². The van der Waals surface area contributed by atoms with Crippen LogP contribution in [0.4, 0.5) is 4.79 Å². The first kappa shape index (κ1) is 20.4. The third-order valence-electron chi connectivity index (χ3n) is 9.95. The third-order valence-corrected chi connectivity index (χ3v) is 9.95. The van der Waals surface area contributed by atoms with Crippen LogP contribution in [-0.2, 0) is 11.3 Å². The van der Waals surface area contributed by atoms with E-state index in [1.165, 1.54) is 51.4 Å². The smallest absolute Gasteiger partial charge is 0.407 e. The molecule has 1 aromatic carbocycles. The summed E-state index contributed by atoms with van der Waals surface area (Å²) in [6.07, 6.45) is 13.2. The van der Waals surface area contributed by atoms with Gasteiger partial charge in [-0.3, -0.25) is 0 Å². The number of amides is 1. The summed E-state index contributed by atoms with van der Waals surface area (Å²) in [5.74, 6) is 3.57. The zero-order valence-electron chi connectivity index (χ0n) is 18.9. The Labute approximate surface area is 182 Å². The Kier molecular flexibility index (Phi) is 5.35. The van der Waals surface area contributed by atoms with E-state index in [1.54, 1.807) is 0 Å². The van der Waals surface area contributed by atoms with Crippen molar-refractivity contribution in [2.24, 2.45) is 34.5 Å². The highest BCUT2D eigenvalue weighted by atomic mass is 16.6. The first-order valence-electron chi connectivity index (χ1n) is 12.5. The van der Waals surface area contributed by atoms with Crippen molar-refractivity contribution >= 4 is 6.09 Å². The third kappa shape index (κ3) is 3.56. The van der Waals surface area contributed by atoms with Gasteiger partial charge in [-0.1, -0.05) is 50.6 Å². The van der Waals surface area contributed by atoms with Gasteiger partial charge in [0.1, 0.15) is 6.10 Å². The quantitative estimate of drug-likeness (QED) is 0.602. The number of nitrogens with one attached hydrogen (secondary N) is 1. The number of fused-ring (bicyclic) bond motifs is 5. The van der Waals surface area contributed by atoms with Gasteiger partial charge in [0, 0.05) is 6.54 Å². The van der Waals surface area contributed by atoms with E-state index in [1.807, 2.05) is 30.3 Å². The topological polar surface area (TPSA) is 38.3 Å². The fourth-order valence-electron chi connectivity index (χ4n) is 8.28. The van der Waals surface area contributed by atoms with Crippen molar-refractivity contribution in [3.8, 4) is 0 Å². The monoisotopic (exact) mass is 409 g/mol. The van der Waals surface area contributed by atoms with E-state index in [0.717, 1.165) is 42.1 Å². The fraction of sp³-hybridized carbons (Fsp3) is 0.741. The summed E-state index contributed by atoms with van der Waals surface area (Å²) in [6.45, 7) is 5.73. The minimum absolute atomic E-state index is 0.0933. The largest absolute Gasteiger partial charge is 0.446 e. The molecule has 4 aliphatic carbocycles. The minimum Gasteiger partial charge on any atom is -0.446 e. The molecule has 0 saturated heterocycles. The van der Waals surface area contributed by atoms with Crippen LogP contribution in [-0.4, -0.2) is 12.2 Å². The summed E-state index contributed by atoms with van der Waals surface area (Å²) < 4.78 is 5.88. The molecule has 4 saturated carbocycles. The van der Waals surface area contributed by atoms with Gasteiger partial charge in [-0.05, 0) is 97.9 Å². The molecule has 0 aromatic heterocycles. The number of hydrogen-bond donors (Lipinski definition) is 1. The second-order valence-corrected chi connectivity index (χ2v) is 11.4. The SMILES string of the molecule is C[C@@]12CCC[C@H]1[C@@H]1CC[C@H]3CC(OC(=O)NCc4ccccc4)CC[C@]3(C)[C@H]1CC2. The summed E-state index contributed by atoms with van der Waals surface area (Å²) in [6, 6.07) is 10.1. The van der Waals surface area contributed by atoms with Crippen LogP contribution in [0.2, 0.25) is 0 Å². The van der Waals surface area contributed by atoms with Crippen molar-refractivity contribution in [1.29, 1.82) is 0 Å². The van der Waals surface area contributed by atoms with E-state index < -0.39 is 0 Å². The molecule has 4 fully saturated rings. The van der Waals surface area contributed by atoms with E-state index in [4.69, 9.17) is 4.74 Å². The lowest BCUT2D eigenvalue weighted by atomic mass is 9.45. The zero-order valence-corrected chi connectivity index (χ0v) is 18.9. The molecule has 0 aliphatic heterocycles. The van der Waals surface area contributed by atoms with Crippen molar-refractivity contribution in [3.63, 3.8) is 0 Å². The summed E-state index contributed by atoms with van der Waals surface area (Å²) in [4.78, 5) is 12.4. The van der Waals surface area contributed by atoms with E-state index in [0.29, 0.717) is 17.4 Å². The molecule has 1 aromatic rings. The molecule has 3 nitrogen and oxygen atoms in total. The highest BCUT2D eigenvalue weighted by molar-refractivity contribution is 5.67. The number of ether oxygens (including phenoxy) is 1. The molecule has 1 amide bonds. The number of benzene rings is 1. The zero-order chi connectivity index (χ0) is 20.8. The molecule has 30 heavy (non-hydrogen) atoms. The second kappa shape index (κ2) is 7.88. The molecular formula is C27H39NO2. The van der Waals surface area contributed by atoms with Crippen LogP contribution in [0, 0.1) is 34.5 Å². The summed E-state index contributed by atoms with van der Waals surface area (Å²) >= 11 is 0. The number of alkyl carbamates (subject to hydrolysis) is 1. The number of carbonyl (C=O) groups is 1. The van der Waals surface area contributed by atoms with Crippen LogP contribution >= 0.6 is 0 Å². The van der Waals surface area contributed by atoms with Gasteiger partial charge in [-0.2, -0.15) is 0 Å². The molecule has 1 unspecified atom stereocenters. The van der Waals surface area contributed by atoms with Gasteiger partial charge in [-0.15, -0.1) is 0 Å². The Balaban J connectivity index is 1.18. The lowest BCUT2D eigenvalue weighted by Crippen LogP contribution is -2.53. The first-order valence-corrected chi connectivity index (χ1v) is 12.5. The normalized spacial score (nSPS) is 42.5. The van der Waals surface area contributed by atoms with Gasteiger partial charge in [0.25, 0.3) is 0 Å². The van der Waals surface area contributed by atoms with Gasteiger partial charge in [-0.25, -0.2) is 4.79 Å². The molecule has 0 bridgehead atoms. The Morgan fingerprint density at radius 3 is 2.67 bits per heavy atom. The van der Waals surface area contributed by atoms with Crippen LogP contribution in [0.3, 0.4) is 0 Å².